The summed E-state index contributed by atoms with van der Waals surface area (Å²) in [5.74, 6) is -1.64. The molecule has 0 bridgehead atoms. The number of nitrogens with one attached hydrogen (secondary N) is 2. The lowest BCUT2D eigenvalue weighted by Gasteiger charge is -2.14. The van der Waals surface area contributed by atoms with Crippen LogP contribution in [0, 0.1) is 0 Å². The van der Waals surface area contributed by atoms with Crippen LogP contribution in [-0.4, -0.2) is 47.8 Å². The molecular weight excluding hydrogens is 446 g/mol. The van der Waals surface area contributed by atoms with Crippen LogP contribution in [0.25, 0.3) is 0 Å². The van der Waals surface area contributed by atoms with Gasteiger partial charge in [0.25, 0.3) is 0 Å². The molecule has 0 spiro atoms. The van der Waals surface area contributed by atoms with Crippen molar-refractivity contribution < 1.29 is 24.3 Å². The Morgan fingerprint density at radius 3 is 1.80 bits per heavy atom. The van der Waals surface area contributed by atoms with Gasteiger partial charge in [0.15, 0.2) is 0 Å². The van der Waals surface area contributed by atoms with Crippen molar-refractivity contribution in [2.75, 3.05) is 6.54 Å². The van der Waals surface area contributed by atoms with Gasteiger partial charge in [-0.3, -0.25) is 9.59 Å². The smallest absolute Gasteiger partial charge is 0.326 e. The second-order valence-corrected chi connectivity index (χ2v) is 9.64. The first kappa shape index (κ1) is 33.0. The highest BCUT2D eigenvalue weighted by atomic mass is 16.4. The molecule has 0 fully saturated rings. The van der Waals surface area contributed by atoms with E-state index < -0.39 is 18.1 Å². The molecule has 0 aromatic carbocycles. The lowest BCUT2D eigenvalue weighted by atomic mass is 10.0. The number of amides is 2. The van der Waals surface area contributed by atoms with Crippen LogP contribution in [0.2, 0.25) is 0 Å². The Balaban J connectivity index is 3.75. The number of nitrogens with two attached hydrogens (primary N) is 1. The van der Waals surface area contributed by atoms with Crippen LogP contribution in [0.15, 0.2) is 0 Å². The van der Waals surface area contributed by atoms with Crippen LogP contribution in [0.4, 0.5) is 0 Å². The van der Waals surface area contributed by atoms with Gasteiger partial charge in [0.1, 0.15) is 12.3 Å². The normalized spacial score (nSPS) is 12.6. The van der Waals surface area contributed by atoms with Crippen molar-refractivity contribution in [3.63, 3.8) is 0 Å². The average Bonchev–Trinajstić information content (AvgIpc) is 2.83. The van der Waals surface area contributed by atoms with E-state index in [9.17, 15) is 24.3 Å². The summed E-state index contributed by atoms with van der Waals surface area (Å²) < 4.78 is 0. The maximum Gasteiger partial charge on any atom is 0.326 e. The van der Waals surface area contributed by atoms with E-state index in [2.05, 4.69) is 17.6 Å². The third kappa shape index (κ3) is 22.3. The summed E-state index contributed by atoms with van der Waals surface area (Å²) in [6, 6.07) is -1.52. The van der Waals surface area contributed by atoms with Gasteiger partial charge in [-0.05, 0) is 32.1 Å². The number of aliphatic carboxylic acids is 1. The lowest BCUT2D eigenvalue weighted by Crippen LogP contribution is -2.41. The highest BCUT2D eigenvalue weighted by molar-refractivity contribution is 5.84. The quantitative estimate of drug-likeness (QED) is 0.107. The highest BCUT2D eigenvalue weighted by Gasteiger charge is 2.20. The van der Waals surface area contributed by atoms with Gasteiger partial charge in [0.2, 0.25) is 11.8 Å². The standard InChI is InChI=1S/C27H51N3O5/c1-2-3-4-5-6-7-8-9-10-11-12-13-14-18-26(33)30-24(27(34)35)19-20-25(32)29-21-16-15-17-23(28)22-31/h22-24H,2-21,28H2,1H3,(H,29,32)(H,30,33)(H,34,35)/t23?,24-/m0/s1. The third-order valence-corrected chi connectivity index (χ3v) is 6.26. The number of aldehydes is 1. The minimum Gasteiger partial charge on any atom is -0.480 e. The first-order valence-electron chi connectivity index (χ1n) is 13.9. The summed E-state index contributed by atoms with van der Waals surface area (Å²) in [5, 5.41) is 14.6. The predicted molar refractivity (Wildman–Crippen MR) is 140 cm³/mol. The molecule has 0 aromatic rings. The van der Waals surface area contributed by atoms with E-state index >= 15 is 0 Å². The molecule has 5 N–H and O–H groups in total. The van der Waals surface area contributed by atoms with Crippen LogP contribution < -0.4 is 16.4 Å². The number of carboxylic acids is 1. The molecule has 0 saturated heterocycles. The number of hydrogen-bond acceptors (Lipinski definition) is 5. The second kappa shape index (κ2) is 23.8. The highest BCUT2D eigenvalue weighted by Crippen LogP contribution is 2.13. The van der Waals surface area contributed by atoms with Crippen molar-refractivity contribution in [1.29, 1.82) is 0 Å². The molecule has 0 rings (SSSR count). The van der Waals surface area contributed by atoms with Crippen molar-refractivity contribution in [1.82, 2.24) is 10.6 Å². The molecule has 8 heteroatoms. The predicted octanol–water partition coefficient (Wildman–Crippen LogP) is 4.63. The van der Waals surface area contributed by atoms with E-state index in [1.807, 2.05) is 0 Å². The Hall–Kier alpha value is -1.96. The lowest BCUT2D eigenvalue weighted by molar-refractivity contribution is -0.142. The van der Waals surface area contributed by atoms with Gasteiger partial charge in [-0.25, -0.2) is 4.79 Å². The zero-order valence-corrected chi connectivity index (χ0v) is 22.0. The first-order chi connectivity index (χ1) is 16.9. The Bertz CT molecular complexity index is 571. The van der Waals surface area contributed by atoms with Crippen LogP contribution in [0.5, 0.6) is 0 Å². The Kier molecular flexibility index (Phi) is 22.4. The van der Waals surface area contributed by atoms with Gasteiger partial charge in [-0.2, -0.15) is 0 Å². The van der Waals surface area contributed by atoms with Crippen LogP contribution in [-0.2, 0) is 19.2 Å². The Labute approximate surface area is 212 Å². The molecule has 0 aromatic heterocycles. The van der Waals surface area contributed by atoms with Crippen molar-refractivity contribution in [3.8, 4) is 0 Å². The monoisotopic (exact) mass is 497 g/mol. The van der Waals surface area contributed by atoms with Crippen molar-refractivity contribution in [2.45, 2.75) is 141 Å². The van der Waals surface area contributed by atoms with Gasteiger partial charge in [-0.1, -0.05) is 84.0 Å². The summed E-state index contributed by atoms with van der Waals surface area (Å²) in [6.45, 7) is 2.69. The van der Waals surface area contributed by atoms with Crippen molar-refractivity contribution in [3.05, 3.63) is 0 Å². The van der Waals surface area contributed by atoms with E-state index in [0.29, 0.717) is 32.1 Å². The average molecular weight is 498 g/mol. The molecule has 2 atom stereocenters. The van der Waals surface area contributed by atoms with E-state index in [1.54, 1.807) is 0 Å². The fourth-order valence-corrected chi connectivity index (χ4v) is 3.99. The maximum atomic E-state index is 12.1. The Morgan fingerprint density at radius 2 is 1.29 bits per heavy atom. The molecule has 0 aliphatic rings. The van der Waals surface area contributed by atoms with Gasteiger partial charge in [0, 0.05) is 19.4 Å². The van der Waals surface area contributed by atoms with Crippen LogP contribution in [0.1, 0.15) is 129 Å². The van der Waals surface area contributed by atoms with E-state index in [1.165, 1.54) is 64.2 Å². The molecule has 0 aliphatic heterocycles. The Morgan fingerprint density at radius 1 is 0.743 bits per heavy atom. The topological polar surface area (TPSA) is 139 Å². The van der Waals surface area contributed by atoms with E-state index in [-0.39, 0.29) is 24.7 Å². The minimum absolute atomic E-state index is 0.0316. The summed E-state index contributed by atoms with van der Waals surface area (Å²) in [5.41, 5.74) is 5.51. The molecule has 1 unspecified atom stereocenters. The molecule has 8 nitrogen and oxygen atoms in total. The van der Waals surface area contributed by atoms with Crippen LogP contribution >= 0.6 is 0 Å². The summed E-state index contributed by atoms with van der Waals surface area (Å²) >= 11 is 0. The van der Waals surface area contributed by atoms with Crippen molar-refractivity contribution in [2.24, 2.45) is 5.73 Å². The summed E-state index contributed by atoms with van der Waals surface area (Å²) in [7, 11) is 0. The van der Waals surface area contributed by atoms with Gasteiger partial charge >= 0.3 is 5.97 Å². The number of hydrogen-bond donors (Lipinski definition) is 4. The fraction of sp³-hybridized carbons (Fsp3) is 0.852. The molecule has 0 aliphatic carbocycles. The molecule has 0 saturated carbocycles. The molecular formula is C27H51N3O5. The van der Waals surface area contributed by atoms with Crippen molar-refractivity contribution >= 4 is 24.1 Å². The minimum atomic E-state index is -1.13. The molecule has 204 valence electrons. The largest absolute Gasteiger partial charge is 0.480 e. The molecule has 35 heavy (non-hydrogen) atoms. The molecule has 0 heterocycles. The zero-order chi connectivity index (χ0) is 26.2. The number of carboxylic acid groups (broad SMARTS) is 1. The second-order valence-electron chi connectivity index (χ2n) is 9.64. The van der Waals surface area contributed by atoms with Gasteiger partial charge < -0.3 is 26.3 Å². The molecule has 0 radical (unpaired) electrons. The number of unbranched alkanes of at least 4 members (excludes halogenated alkanes) is 13. The first-order valence-corrected chi connectivity index (χ1v) is 13.9. The molecule has 2 amide bonds. The number of carbonyl (C=O) groups is 4. The summed E-state index contributed by atoms with van der Waals surface area (Å²) in [6.07, 6.45) is 19.1. The van der Waals surface area contributed by atoms with E-state index in [0.717, 1.165) is 25.7 Å². The maximum absolute atomic E-state index is 12.1. The SMILES string of the molecule is CCCCCCCCCCCCCCCC(=O)N[C@@H](CCC(=O)NCCCCC(N)C=O)C(=O)O. The summed E-state index contributed by atoms with van der Waals surface area (Å²) in [4.78, 5) is 45.9. The van der Waals surface area contributed by atoms with Gasteiger partial charge in [-0.15, -0.1) is 0 Å². The number of rotatable bonds is 25. The van der Waals surface area contributed by atoms with Crippen LogP contribution in [0.3, 0.4) is 0 Å². The fourth-order valence-electron chi connectivity index (χ4n) is 3.99. The third-order valence-electron chi connectivity index (χ3n) is 6.26. The van der Waals surface area contributed by atoms with E-state index in [4.69, 9.17) is 5.73 Å². The van der Waals surface area contributed by atoms with Gasteiger partial charge in [0.05, 0.1) is 6.04 Å². The number of carbonyl (C=O) groups excluding carboxylic acids is 3. The zero-order valence-electron chi connectivity index (χ0n) is 22.0.